The highest BCUT2D eigenvalue weighted by atomic mass is 16.7. The fraction of sp³-hybridized carbons (Fsp3) is 0.467. The number of methoxy groups -OCH3 is 2. The van der Waals surface area contributed by atoms with Gasteiger partial charge >= 0.3 is 6.09 Å². The predicted octanol–water partition coefficient (Wildman–Crippen LogP) is 1.59. The molecule has 6 heteroatoms. The molecule has 0 radical (unpaired) electrons. The quantitative estimate of drug-likeness (QED) is 0.789. The van der Waals surface area contributed by atoms with E-state index in [0.717, 1.165) is 5.56 Å². The summed E-state index contributed by atoms with van der Waals surface area (Å²) in [6.07, 6.45) is -0.216. The highest BCUT2D eigenvalue weighted by Gasteiger charge is 2.44. The van der Waals surface area contributed by atoms with Gasteiger partial charge in [0.05, 0.1) is 6.54 Å². The van der Waals surface area contributed by atoms with Crippen molar-refractivity contribution in [2.24, 2.45) is 0 Å². The number of ether oxygens (including phenoxy) is 3. The minimum Gasteiger partial charge on any atom is -0.445 e. The highest BCUT2D eigenvalue weighted by molar-refractivity contribution is 5.91. The third kappa shape index (κ3) is 3.40. The Balaban J connectivity index is 1.89. The number of hydrogen-bond donors (Lipinski definition) is 0. The fourth-order valence-corrected chi connectivity index (χ4v) is 2.28. The molecule has 21 heavy (non-hydrogen) atoms. The normalized spacial score (nSPS) is 17.6. The predicted molar refractivity (Wildman–Crippen MR) is 74.6 cm³/mol. The van der Waals surface area contributed by atoms with Crippen molar-refractivity contribution >= 4 is 11.9 Å². The van der Waals surface area contributed by atoms with Crippen LogP contribution < -0.4 is 0 Å². The second-order valence-corrected chi connectivity index (χ2v) is 4.80. The van der Waals surface area contributed by atoms with Gasteiger partial charge in [-0.1, -0.05) is 30.3 Å². The van der Waals surface area contributed by atoms with Crippen LogP contribution in [0.1, 0.15) is 12.0 Å². The Morgan fingerprint density at radius 1 is 1.24 bits per heavy atom. The number of nitrogens with zero attached hydrogens (tertiary/aromatic N) is 1. The Morgan fingerprint density at radius 3 is 2.48 bits per heavy atom. The molecule has 0 unspecified atom stereocenters. The van der Waals surface area contributed by atoms with E-state index in [2.05, 4.69) is 0 Å². The molecule has 0 bridgehead atoms. The van der Waals surface area contributed by atoms with Crippen LogP contribution >= 0.6 is 0 Å². The zero-order chi connectivity index (χ0) is 15.3. The largest absolute Gasteiger partial charge is 0.445 e. The number of hydrogen-bond acceptors (Lipinski definition) is 5. The van der Waals surface area contributed by atoms with Gasteiger partial charge in [-0.2, -0.15) is 0 Å². The SMILES string of the molecule is COC1(OC)CCN(C(=O)OCc2ccccc2)CC1=O. The second-order valence-electron chi connectivity index (χ2n) is 4.80. The highest BCUT2D eigenvalue weighted by Crippen LogP contribution is 2.24. The molecule has 1 aromatic carbocycles. The van der Waals surface area contributed by atoms with Crippen molar-refractivity contribution in [1.82, 2.24) is 4.90 Å². The zero-order valence-corrected chi connectivity index (χ0v) is 12.2. The lowest BCUT2D eigenvalue weighted by Crippen LogP contribution is -2.56. The fourth-order valence-electron chi connectivity index (χ4n) is 2.28. The first-order valence-electron chi connectivity index (χ1n) is 6.70. The Hall–Kier alpha value is -1.92. The molecule has 1 aliphatic rings. The van der Waals surface area contributed by atoms with Crippen LogP contribution in [0.25, 0.3) is 0 Å². The van der Waals surface area contributed by atoms with Crippen molar-refractivity contribution in [3.05, 3.63) is 35.9 Å². The first kappa shape index (κ1) is 15.5. The molecule has 2 rings (SSSR count). The van der Waals surface area contributed by atoms with Crippen molar-refractivity contribution in [2.45, 2.75) is 18.8 Å². The Labute approximate surface area is 123 Å². The summed E-state index contributed by atoms with van der Waals surface area (Å²) in [7, 11) is 2.84. The van der Waals surface area contributed by atoms with Crippen LogP contribution in [-0.2, 0) is 25.6 Å². The van der Waals surface area contributed by atoms with Crippen molar-refractivity contribution in [2.75, 3.05) is 27.3 Å². The van der Waals surface area contributed by atoms with Gasteiger partial charge in [-0.05, 0) is 5.56 Å². The van der Waals surface area contributed by atoms with Crippen LogP contribution in [0, 0.1) is 0 Å². The van der Waals surface area contributed by atoms with Gasteiger partial charge in [0.2, 0.25) is 11.6 Å². The number of piperidine rings is 1. The topological polar surface area (TPSA) is 65.1 Å². The van der Waals surface area contributed by atoms with E-state index in [4.69, 9.17) is 14.2 Å². The maximum absolute atomic E-state index is 12.1. The van der Waals surface area contributed by atoms with E-state index in [-0.39, 0.29) is 18.9 Å². The molecule has 6 nitrogen and oxygen atoms in total. The monoisotopic (exact) mass is 293 g/mol. The molecule has 1 saturated heterocycles. The molecule has 0 aliphatic carbocycles. The van der Waals surface area contributed by atoms with Crippen molar-refractivity contribution in [1.29, 1.82) is 0 Å². The molecule has 1 heterocycles. The van der Waals surface area contributed by atoms with Crippen molar-refractivity contribution in [3.63, 3.8) is 0 Å². The molecule has 1 amide bonds. The molecular formula is C15H19NO5. The number of carbonyl (C=O) groups excluding carboxylic acids is 2. The summed E-state index contributed by atoms with van der Waals surface area (Å²) < 4.78 is 15.5. The number of ketones is 1. The van der Waals surface area contributed by atoms with Crippen LogP contribution in [-0.4, -0.2) is 49.9 Å². The molecular weight excluding hydrogens is 274 g/mol. The van der Waals surface area contributed by atoms with Crippen LogP contribution in [0.4, 0.5) is 4.79 Å². The Kier molecular flexibility index (Phi) is 4.93. The minimum absolute atomic E-state index is 0.0741. The standard InChI is InChI=1S/C15H19NO5/c1-19-15(20-2)8-9-16(10-13(15)17)14(18)21-11-12-6-4-3-5-7-12/h3-7H,8-11H2,1-2H3. The lowest BCUT2D eigenvalue weighted by Gasteiger charge is -2.37. The Bertz CT molecular complexity index is 498. The van der Waals surface area contributed by atoms with Gasteiger partial charge in [-0.25, -0.2) is 4.79 Å². The molecule has 114 valence electrons. The van der Waals surface area contributed by atoms with Gasteiger partial charge in [-0.3, -0.25) is 4.79 Å². The minimum atomic E-state index is -1.24. The van der Waals surface area contributed by atoms with Crippen molar-refractivity contribution < 1.29 is 23.8 Å². The number of benzene rings is 1. The average molecular weight is 293 g/mol. The number of amides is 1. The number of rotatable bonds is 4. The van der Waals surface area contributed by atoms with Gasteiger partial charge < -0.3 is 19.1 Å². The summed E-state index contributed by atoms with van der Waals surface area (Å²) >= 11 is 0. The van der Waals surface area contributed by atoms with E-state index in [0.29, 0.717) is 13.0 Å². The average Bonchev–Trinajstić information content (AvgIpc) is 2.54. The Morgan fingerprint density at radius 2 is 1.90 bits per heavy atom. The molecule has 0 spiro atoms. The van der Waals surface area contributed by atoms with Crippen LogP contribution in [0.3, 0.4) is 0 Å². The van der Waals surface area contributed by atoms with E-state index in [9.17, 15) is 9.59 Å². The number of likely N-dealkylation sites (tertiary alicyclic amines) is 1. The van der Waals surface area contributed by atoms with E-state index in [1.54, 1.807) is 0 Å². The summed E-state index contributed by atoms with van der Waals surface area (Å²) in [6, 6.07) is 9.38. The zero-order valence-electron chi connectivity index (χ0n) is 12.2. The van der Waals surface area contributed by atoms with Gasteiger partial charge in [0, 0.05) is 27.2 Å². The lowest BCUT2D eigenvalue weighted by molar-refractivity contribution is -0.217. The van der Waals surface area contributed by atoms with E-state index < -0.39 is 11.9 Å². The third-order valence-corrected chi connectivity index (χ3v) is 3.59. The number of carbonyl (C=O) groups is 2. The van der Waals surface area contributed by atoms with Gasteiger partial charge in [0.1, 0.15) is 6.61 Å². The van der Waals surface area contributed by atoms with Crippen LogP contribution in [0.15, 0.2) is 30.3 Å². The summed E-state index contributed by atoms with van der Waals surface area (Å²) in [6.45, 7) is 0.459. The molecule has 0 atom stereocenters. The molecule has 1 aromatic rings. The van der Waals surface area contributed by atoms with Gasteiger partial charge in [0.15, 0.2) is 0 Å². The number of Topliss-reactive ketones (excluding diaryl/α,β-unsaturated/α-hetero) is 1. The second kappa shape index (κ2) is 6.69. The van der Waals surface area contributed by atoms with Gasteiger partial charge in [0.25, 0.3) is 0 Å². The molecule has 1 fully saturated rings. The molecule has 1 aliphatic heterocycles. The van der Waals surface area contributed by atoms with Crippen LogP contribution in [0.5, 0.6) is 0 Å². The summed E-state index contributed by atoms with van der Waals surface area (Å²) in [5.74, 6) is -1.52. The smallest absolute Gasteiger partial charge is 0.410 e. The summed E-state index contributed by atoms with van der Waals surface area (Å²) in [5.41, 5.74) is 0.900. The van der Waals surface area contributed by atoms with Gasteiger partial charge in [-0.15, -0.1) is 0 Å². The third-order valence-electron chi connectivity index (χ3n) is 3.59. The summed E-state index contributed by atoms with van der Waals surface area (Å²) in [4.78, 5) is 25.4. The van der Waals surface area contributed by atoms with Crippen molar-refractivity contribution in [3.8, 4) is 0 Å². The molecule has 0 saturated carbocycles. The van der Waals surface area contributed by atoms with Crippen LogP contribution in [0.2, 0.25) is 0 Å². The first-order valence-corrected chi connectivity index (χ1v) is 6.70. The lowest BCUT2D eigenvalue weighted by atomic mass is 10.0. The van der Waals surface area contributed by atoms with E-state index >= 15 is 0 Å². The maximum Gasteiger partial charge on any atom is 0.410 e. The van der Waals surface area contributed by atoms with E-state index in [1.165, 1.54) is 19.1 Å². The molecule has 0 aromatic heterocycles. The molecule has 0 N–H and O–H groups in total. The first-order chi connectivity index (χ1) is 10.1. The van der Waals surface area contributed by atoms with E-state index in [1.807, 2.05) is 30.3 Å². The maximum atomic E-state index is 12.1. The summed E-state index contributed by atoms with van der Waals surface area (Å²) in [5, 5.41) is 0.